The van der Waals surface area contributed by atoms with E-state index in [1.165, 1.54) is 44.9 Å². The van der Waals surface area contributed by atoms with Gasteiger partial charge in [-0.2, -0.15) is 0 Å². The van der Waals surface area contributed by atoms with Crippen LogP contribution in [-0.4, -0.2) is 6.29 Å². The third-order valence-electron chi connectivity index (χ3n) is 3.57. The van der Waals surface area contributed by atoms with Gasteiger partial charge >= 0.3 is 0 Å². The fraction of sp³-hybridized carbons (Fsp3) is 0.812. The van der Waals surface area contributed by atoms with Gasteiger partial charge in [-0.25, -0.2) is 0 Å². The number of rotatable bonds is 1. The molecule has 0 aromatic rings. The van der Waals surface area contributed by atoms with E-state index in [2.05, 4.69) is 11.8 Å². The van der Waals surface area contributed by atoms with Crippen LogP contribution in [0.4, 0.5) is 0 Å². The van der Waals surface area contributed by atoms with Gasteiger partial charge in [0.25, 0.3) is 0 Å². The summed E-state index contributed by atoms with van der Waals surface area (Å²) >= 11 is 0. The van der Waals surface area contributed by atoms with E-state index in [1.807, 2.05) is 0 Å². The zero-order valence-corrected chi connectivity index (χ0v) is 11.0. The van der Waals surface area contributed by atoms with Crippen LogP contribution in [0.3, 0.4) is 0 Å². The van der Waals surface area contributed by atoms with Crippen molar-refractivity contribution >= 4 is 6.29 Å². The highest BCUT2D eigenvalue weighted by Crippen LogP contribution is 2.16. The lowest BCUT2D eigenvalue weighted by atomic mass is 9.96. The SMILES string of the molecule is O=CC1CCCC#CCCCCCCCCC1. The minimum Gasteiger partial charge on any atom is -0.303 e. The molecule has 0 heterocycles. The minimum absolute atomic E-state index is 0.293. The van der Waals surface area contributed by atoms with Crippen LogP contribution in [-0.2, 0) is 4.79 Å². The van der Waals surface area contributed by atoms with Crippen molar-refractivity contribution in [2.75, 3.05) is 0 Å². The molecule has 0 aromatic heterocycles. The van der Waals surface area contributed by atoms with E-state index >= 15 is 0 Å². The molecular weight excluding hydrogens is 208 g/mol. The lowest BCUT2D eigenvalue weighted by Crippen LogP contribution is -2.01. The van der Waals surface area contributed by atoms with Crippen LogP contribution in [0.15, 0.2) is 0 Å². The van der Waals surface area contributed by atoms with Gasteiger partial charge < -0.3 is 4.79 Å². The normalized spacial score (nSPS) is 24.8. The standard InChI is InChI=1S/C16H26O/c17-15-16-13-11-9-7-5-3-1-2-4-6-8-10-12-14-16/h15-16H,1-5,7,9-14H2. The van der Waals surface area contributed by atoms with Crippen molar-refractivity contribution in [3.63, 3.8) is 0 Å². The molecule has 0 fully saturated rings. The maximum Gasteiger partial charge on any atom is 0.123 e. The minimum atomic E-state index is 0.293. The van der Waals surface area contributed by atoms with Crippen LogP contribution in [0.1, 0.15) is 77.0 Å². The van der Waals surface area contributed by atoms with Gasteiger partial charge in [-0.05, 0) is 25.7 Å². The smallest absolute Gasteiger partial charge is 0.123 e. The van der Waals surface area contributed by atoms with E-state index in [-0.39, 0.29) is 0 Å². The molecule has 0 spiro atoms. The topological polar surface area (TPSA) is 17.1 Å². The van der Waals surface area contributed by atoms with E-state index in [9.17, 15) is 4.79 Å². The molecule has 96 valence electrons. The average molecular weight is 234 g/mol. The molecule has 0 aromatic carbocycles. The first-order valence-corrected chi connectivity index (χ1v) is 7.34. The van der Waals surface area contributed by atoms with E-state index < -0.39 is 0 Å². The molecule has 0 aliphatic heterocycles. The molecule has 17 heavy (non-hydrogen) atoms. The van der Waals surface area contributed by atoms with Crippen LogP contribution in [0.2, 0.25) is 0 Å². The van der Waals surface area contributed by atoms with Crippen molar-refractivity contribution in [2.24, 2.45) is 5.92 Å². The van der Waals surface area contributed by atoms with Crippen molar-refractivity contribution in [3.8, 4) is 11.8 Å². The van der Waals surface area contributed by atoms with Crippen molar-refractivity contribution in [2.45, 2.75) is 77.0 Å². The second kappa shape index (κ2) is 10.4. The number of carbonyl (C=O) groups excluding carboxylic acids is 1. The van der Waals surface area contributed by atoms with E-state index in [4.69, 9.17) is 0 Å². The van der Waals surface area contributed by atoms with Gasteiger partial charge in [-0.15, -0.1) is 11.8 Å². The Balaban J connectivity index is 2.28. The zero-order valence-electron chi connectivity index (χ0n) is 11.0. The van der Waals surface area contributed by atoms with Crippen molar-refractivity contribution < 1.29 is 4.79 Å². The number of carbonyl (C=O) groups is 1. The Kier molecular flexibility index (Phi) is 8.73. The second-order valence-electron chi connectivity index (χ2n) is 5.16. The van der Waals surface area contributed by atoms with Gasteiger partial charge in [0, 0.05) is 18.8 Å². The summed E-state index contributed by atoms with van der Waals surface area (Å²) in [6.45, 7) is 0. The summed E-state index contributed by atoms with van der Waals surface area (Å²) in [6.07, 6.45) is 15.6. The Morgan fingerprint density at radius 2 is 1.24 bits per heavy atom. The Labute approximate surface area is 106 Å². The fourth-order valence-corrected chi connectivity index (χ4v) is 2.41. The predicted octanol–water partition coefficient (Wildman–Crippen LogP) is 4.50. The summed E-state index contributed by atoms with van der Waals surface area (Å²) < 4.78 is 0. The molecule has 0 bridgehead atoms. The van der Waals surface area contributed by atoms with Crippen LogP contribution >= 0.6 is 0 Å². The molecule has 1 heteroatoms. The third-order valence-corrected chi connectivity index (χ3v) is 3.57. The monoisotopic (exact) mass is 234 g/mol. The van der Waals surface area contributed by atoms with E-state index in [1.54, 1.807) is 0 Å². The van der Waals surface area contributed by atoms with Gasteiger partial charge in [-0.1, -0.05) is 38.5 Å². The molecular formula is C16H26O. The van der Waals surface area contributed by atoms with Crippen LogP contribution in [0.25, 0.3) is 0 Å². The Bertz CT molecular complexity index is 246. The molecule has 0 radical (unpaired) electrons. The summed E-state index contributed by atoms with van der Waals surface area (Å²) in [7, 11) is 0. The van der Waals surface area contributed by atoms with Gasteiger partial charge in [0.1, 0.15) is 6.29 Å². The quantitative estimate of drug-likeness (QED) is 0.482. The lowest BCUT2D eigenvalue weighted by molar-refractivity contribution is -0.111. The molecule has 1 unspecified atom stereocenters. The lowest BCUT2D eigenvalue weighted by Gasteiger charge is -2.08. The highest BCUT2D eigenvalue weighted by molar-refractivity contribution is 5.53. The Hall–Kier alpha value is -0.770. The van der Waals surface area contributed by atoms with Crippen LogP contribution in [0.5, 0.6) is 0 Å². The summed E-state index contributed by atoms with van der Waals surface area (Å²) in [5, 5.41) is 0. The summed E-state index contributed by atoms with van der Waals surface area (Å²) in [4.78, 5) is 10.9. The third kappa shape index (κ3) is 8.02. The number of hydrogen-bond acceptors (Lipinski definition) is 1. The first-order valence-electron chi connectivity index (χ1n) is 7.34. The molecule has 0 saturated carbocycles. The molecule has 0 amide bonds. The first-order chi connectivity index (χ1) is 8.43. The zero-order chi connectivity index (χ0) is 12.2. The molecule has 1 rings (SSSR count). The van der Waals surface area contributed by atoms with Crippen LogP contribution < -0.4 is 0 Å². The number of hydrogen-bond donors (Lipinski definition) is 0. The Morgan fingerprint density at radius 3 is 1.94 bits per heavy atom. The van der Waals surface area contributed by atoms with E-state index in [0.717, 1.165) is 38.4 Å². The molecule has 0 N–H and O–H groups in total. The maximum absolute atomic E-state index is 10.9. The molecule has 1 aliphatic rings. The van der Waals surface area contributed by atoms with Gasteiger partial charge in [0.2, 0.25) is 0 Å². The van der Waals surface area contributed by atoms with Crippen molar-refractivity contribution in [1.82, 2.24) is 0 Å². The summed E-state index contributed by atoms with van der Waals surface area (Å²) in [6, 6.07) is 0. The van der Waals surface area contributed by atoms with Gasteiger partial charge in [-0.3, -0.25) is 0 Å². The molecule has 0 saturated heterocycles. The fourth-order valence-electron chi connectivity index (χ4n) is 2.41. The summed E-state index contributed by atoms with van der Waals surface area (Å²) in [5.74, 6) is 6.78. The van der Waals surface area contributed by atoms with Gasteiger partial charge in [0.05, 0.1) is 0 Å². The maximum atomic E-state index is 10.9. The predicted molar refractivity (Wildman–Crippen MR) is 72.7 cm³/mol. The average Bonchev–Trinajstić information content (AvgIpc) is 2.36. The highest BCUT2D eigenvalue weighted by Gasteiger charge is 2.06. The largest absolute Gasteiger partial charge is 0.303 e. The molecule has 1 atom stereocenters. The van der Waals surface area contributed by atoms with E-state index in [0.29, 0.717) is 5.92 Å². The van der Waals surface area contributed by atoms with Gasteiger partial charge in [0.15, 0.2) is 0 Å². The number of aldehydes is 1. The first kappa shape index (κ1) is 14.3. The van der Waals surface area contributed by atoms with Crippen molar-refractivity contribution in [1.29, 1.82) is 0 Å². The molecule has 1 nitrogen and oxygen atoms in total. The Morgan fingerprint density at radius 1 is 0.706 bits per heavy atom. The molecule has 1 aliphatic carbocycles. The van der Waals surface area contributed by atoms with Crippen LogP contribution in [0, 0.1) is 17.8 Å². The summed E-state index contributed by atoms with van der Waals surface area (Å²) in [5.41, 5.74) is 0. The van der Waals surface area contributed by atoms with Crippen molar-refractivity contribution in [3.05, 3.63) is 0 Å². The highest BCUT2D eigenvalue weighted by atomic mass is 16.1. The second-order valence-corrected chi connectivity index (χ2v) is 5.16.